The summed E-state index contributed by atoms with van der Waals surface area (Å²) in [6.07, 6.45) is 3.43. The lowest BCUT2D eigenvalue weighted by Crippen LogP contribution is -2.42. The van der Waals surface area contributed by atoms with Crippen molar-refractivity contribution in [2.75, 3.05) is 12.3 Å². The molecule has 6 heteroatoms. The number of rotatable bonds is 3. The fourth-order valence-electron chi connectivity index (χ4n) is 3.94. The van der Waals surface area contributed by atoms with Gasteiger partial charge in [-0.2, -0.15) is 0 Å². The molecule has 0 radical (unpaired) electrons. The van der Waals surface area contributed by atoms with Crippen LogP contribution in [0.4, 0.5) is 0 Å². The van der Waals surface area contributed by atoms with Crippen molar-refractivity contribution in [2.24, 2.45) is 0 Å². The van der Waals surface area contributed by atoms with Gasteiger partial charge >= 0.3 is 0 Å². The molecule has 0 aliphatic carbocycles. The Kier molecular flexibility index (Phi) is 4.84. The highest BCUT2D eigenvalue weighted by Crippen LogP contribution is 2.28. The summed E-state index contributed by atoms with van der Waals surface area (Å²) in [5, 5.41) is 10.8. The second-order valence-electron chi connectivity index (χ2n) is 7.68. The summed E-state index contributed by atoms with van der Waals surface area (Å²) >= 11 is 1.49. The summed E-state index contributed by atoms with van der Waals surface area (Å²) in [4.78, 5) is 14.7. The lowest BCUT2D eigenvalue weighted by atomic mass is 10.0. The van der Waals surface area contributed by atoms with E-state index in [1.807, 2.05) is 4.90 Å². The number of hydrogen-bond donors (Lipinski definition) is 0. The number of carbonyl (C=O) groups excluding carboxylic acids is 1. The molecular weight excluding hydrogens is 356 g/mol. The second kappa shape index (κ2) is 7.15. The van der Waals surface area contributed by atoms with Gasteiger partial charge in [0.2, 0.25) is 5.91 Å². The van der Waals surface area contributed by atoms with E-state index in [1.54, 1.807) is 0 Å². The molecule has 1 unspecified atom stereocenters. The number of nitrogens with zero attached hydrogens (tertiary/aromatic N) is 4. The Morgan fingerprint density at radius 2 is 1.85 bits per heavy atom. The van der Waals surface area contributed by atoms with Crippen LogP contribution >= 0.6 is 11.8 Å². The zero-order chi connectivity index (χ0) is 19.1. The molecule has 1 saturated heterocycles. The molecule has 27 heavy (non-hydrogen) atoms. The molecule has 3 heterocycles. The summed E-state index contributed by atoms with van der Waals surface area (Å²) in [6, 6.07) is 6.92. The van der Waals surface area contributed by atoms with E-state index < -0.39 is 0 Å². The molecule has 2 aromatic heterocycles. The zero-order valence-corrected chi connectivity index (χ0v) is 17.3. The van der Waals surface area contributed by atoms with Crippen LogP contribution in [0.25, 0.3) is 16.6 Å². The highest BCUT2D eigenvalue weighted by molar-refractivity contribution is 7.99. The van der Waals surface area contributed by atoms with E-state index in [4.69, 9.17) is 0 Å². The Labute approximate surface area is 164 Å². The molecule has 1 aromatic carbocycles. The minimum Gasteiger partial charge on any atom is -0.339 e. The molecule has 1 atom stereocenters. The average Bonchev–Trinajstić information content (AvgIpc) is 3.07. The molecule has 5 nitrogen and oxygen atoms in total. The summed E-state index contributed by atoms with van der Waals surface area (Å²) < 4.78 is 2.11. The fourth-order valence-corrected chi connectivity index (χ4v) is 4.77. The number of aromatic nitrogens is 3. The van der Waals surface area contributed by atoms with E-state index in [9.17, 15) is 4.79 Å². The minimum absolute atomic E-state index is 0.202. The van der Waals surface area contributed by atoms with Crippen LogP contribution in [0.3, 0.4) is 0 Å². The third kappa shape index (κ3) is 3.31. The molecule has 3 aromatic rings. The molecule has 0 N–H and O–H groups in total. The van der Waals surface area contributed by atoms with E-state index in [1.165, 1.54) is 34.7 Å². The third-order valence-electron chi connectivity index (χ3n) is 5.69. The van der Waals surface area contributed by atoms with Gasteiger partial charge in [0.15, 0.2) is 10.8 Å². The average molecular weight is 383 g/mol. The first kappa shape index (κ1) is 18.3. The molecule has 4 rings (SSSR count). The summed E-state index contributed by atoms with van der Waals surface area (Å²) in [5.41, 5.74) is 5.59. The van der Waals surface area contributed by atoms with Crippen molar-refractivity contribution >= 4 is 34.2 Å². The first-order chi connectivity index (χ1) is 13.0. The van der Waals surface area contributed by atoms with Crippen molar-refractivity contribution < 1.29 is 4.79 Å². The van der Waals surface area contributed by atoms with E-state index in [0.29, 0.717) is 11.8 Å². The van der Waals surface area contributed by atoms with Crippen LogP contribution in [0.15, 0.2) is 23.4 Å². The predicted octanol–water partition coefficient (Wildman–Crippen LogP) is 4.30. The highest BCUT2D eigenvalue weighted by Gasteiger charge is 2.24. The molecule has 1 aliphatic rings. The van der Waals surface area contributed by atoms with Crippen molar-refractivity contribution in [3.05, 3.63) is 34.9 Å². The van der Waals surface area contributed by atoms with Crippen molar-refractivity contribution in [1.82, 2.24) is 19.5 Å². The molecule has 1 aliphatic heterocycles. The fraction of sp³-hybridized carbons (Fsp3) is 0.476. The maximum absolute atomic E-state index is 12.7. The highest BCUT2D eigenvalue weighted by atomic mass is 32.2. The van der Waals surface area contributed by atoms with Gasteiger partial charge in [0.25, 0.3) is 0 Å². The number of pyridine rings is 1. The van der Waals surface area contributed by atoms with Crippen molar-refractivity contribution in [2.45, 2.75) is 58.2 Å². The molecule has 0 saturated carbocycles. The normalized spacial score (nSPS) is 17.8. The van der Waals surface area contributed by atoms with Crippen LogP contribution in [-0.4, -0.2) is 43.7 Å². The Balaban J connectivity index is 1.68. The smallest absolute Gasteiger partial charge is 0.233 e. The maximum Gasteiger partial charge on any atom is 0.233 e. The summed E-state index contributed by atoms with van der Waals surface area (Å²) in [7, 11) is 0. The maximum atomic E-state index is 12.7. The number of thioether (sulfide) groups is 1. The number of carbonyl (C=O) groups is 1. The number of piperidine rings is 1. The van der Waals surface area contributed by atoms with Crippen LogP contribution in [-0.2, 0) is 4.79 Å². The first-order valence-corrected chi connectivity index (χ1v) is 10.6. The van der Waals surface area contributed by atoms with E-state index in [2.05, 4.69) is 60.5 Å². The topological polar surface area (TPSA) is 50.5 Å². The Hall–Kier alpha value is -2.08. The monoisotopic (exact) mass is 382 g/mol. The van der Waals surface area contributed by atoms with Crippen molar-refractivity contribution in [1.29, 1.82) is 0 Å². The van der Waals surface area contributed by atoms with Crippen LogP contribution in [0, 0.1) is 20.8 Å². The first-order valence-electron chi connectivity index (χ1n) is 9.63. The second-order valence-corrected chi connectivity index (χ2v) is 8.63. The minimum atomic E-state index is 0.202. The lowest BCUT2D eigenvalue weighted by molar-refractivity contribution is -0.131. The Bertz CT molecular complexity index is 1030. The Morgan fingerprint density at radius 1 is 1.11 bits per heavy atom. The number of amides is 1. The molecular formula is C21H26N4OS. The van der Waals surface area contributed by atoms with Crippen LogP contribution in [0.5, 0.6) is 0 Å². The van der Waals surface area contributed by atoms with Crippen LogP contribution in [0.2, 0.25) is 0 Å². The van der Waals surface area contributed by atoms with E-state index >= 15 is 0 Å². The van der Waals surface area contributed by atoms with E-state index in [0.717, 1.165) is 41.3 Å². The molecule has 1 amide bonds. The zero-order valence-electron chi connectivity index (χ0n) is 16.5. The molecule has 1 fully saturated rings. The SMILES string of the molecule is Cc1cc2cc(C)c3nnc(SCC(=O)N4CCCCC4C)n3c2cc1C. The number of fused-ring (bicyclic) bond motifs is 3. The largest absolute Gasteiger partial charge is 0.339 e. The van der Waals surface area contributed by atoms with Gasteiger partial charge < -0.3 is 4.90 Å². The van der Waals surface area contributed by atoms with Gasteiger partial charge in [-0.05, 0) is 87.2 Å². The van der Waals surface area contributed by atoms with Crippen LogP contribution in [0.1, 0.15) is 42.9 Å². The van der Waals surface area contributed by atoms with E-state index in [-0.39, 0.29) is 5.91 Å². The van der Waals surface area contributed by atoms with Gasteiger partial charge in [0.05, 0.1) is 11.3 Å². The summed E-state index contributed by atoms with van der Waals surface area (Å²) in [6.45, 7) is 9.35. The number of aryl methyl sites for hydroxylation is 3. The van der Waals surface area contributed by atoms with Gasteiger partial charge in [0.1, 0.15) is 0 Å². The van der Waals surface area contributed by atoms with Crippen LogP contribution < -0.4 is 0 Å². The van der Waals surface area contributed by atoms with Gasteiger partial charge in [-0.3, -0.25) is 9.20 Å². The van der Waals surface area contributed by atoms with Gasteiger partial charge in [-0.1, -0.05) is 11.8 Å². The standard InChI is InChI=1S/C21H26N4OS/c1-13-9-17-10-15(3)20-22-23-21(25(20)18(17)11-14(13)2)27-12-19(26)24-8-6-5-7-16(24)4/h9-11,16H,5-8,12H2,1-4H3. The predicted molar refractivity (Wildman–Crippen MR) is 110 cm³/mol. The van der Waals surface area contributed by atoms with Crippen molar-refractivity contribution in [3.8, 4) is 0 Å². The molecule has 0 bridgehead atoms. The summed E-state index contributed by atoms with van der Waals surface area (Å²) in [5.74, 6) is 0.610. The number of hydrogen-bond acceptors (Lipinski definition) is 4. The third-order valence-corrected chi connectivity index (χ3v) is 6.60. The number of likely N-dealkylation sites (tertiary alicyclic amines) is 1. The molecule has 142 valence electrons. The van der Waals surface area contributed by atoms with Gasteiger partial charge in [-0.15, -0.1) is 10.2 Å². The quantitative estimate of drug-likeness (QED) is 0.634. The number of benzene rings is 1. The molecule has 0 spiro atoms. The lowest BCUT2D eigenvalue weighted by Gasteiger charge is -2.33. The Morgan fingerprint density at radius 3 is 2.63 bits per heavy atom. The van der Waals surface area contributed by atoms with Gasteiger partial charge in [-0.25, -0.2) is 0 Å². The van der Waals surface area contributed by atoms with Gasteiger partial charge in [0, 0.05) is 12.6 Å². The van der Waals surface area contributed by atoms with Crippen molar-refractivity contribution in [3.63, 3.8) is 0 Å².